The van der Waals surface area contributed by atoms with Crippen molar-refractivity contribution < 1.29 is 0 Å². The number of aryl methyl sites for hydroxylation is 2. The molecular formula is C21H27N. The zero-order chi connectivity index (χ0) is 15.5. The summed E-state index contributed by atoms with van der Waals surface area (Å²) >= 11 is 0. The molecule has 0 fully saturated rings. The third-order valence-corrected chi connectivity index (χ3v) is 4.99. The predicted molar refractivity (Wildman–Crippen MR) is 94.7 cm³/mol. The molecule has 1 heteroatoms. The number of fused-ring (bicyclic) bond motifs is 2. The number of benzene rings is 2. The van der Waals surface area contributed by atoms with Gasteiger partial charge in [0.2, 0.25) is 0 Å². The maximum Gasteiger partial charge on any atom is 0.00953 e. The molecule has 1 aliphatic carbocycles. The van der Waals surface area contributed by atoms with Crippen molar-refractivity contribution in [3.63, 3.8) is 0 Å². The van der Waals surface area contributed by atoms with Crippen LogP contribution in [-0.4, -0.2) is 25.5 Å². The zero-order valence-corrected chi connectivity index (χ0v) is 14.1. The normalized spacial score (nSPS) is 17.0. The SMILES string of the molecule is Cc1cccc2c1CCc1ccccc1C2CCCN(C)C. The van der Waals surface area contributed by atoms with Crippen LogP contribution in [-0.2, 0) is 12.8 Å². The van der Waals surface area contributed by atoms with E-state index in [2.05, 4.69) is 68.4 Å². The molecule has 0 spiro atoms. The Kier molecular flexibility index (Phi) is 4.63. The number of hydrogen-bond donors (Lipinski definition) is 0. The summed E-state index contributed by atoms with van der Waals surface area (Å²) in [6, 6.07) is 16.0. The lowest BCUT2D eigenvalue weighted by Gasteiger charge is -2.22. The Morgan fingerprint density at radius 1 is 0.955 bits per heavy atom. The van der Waals surface area contributed by atoms with Crippen molar-refractivity contribution in [3.05, 3.63) is 70.3 Å². The fraction of sp³-hybridized carbons (Fsp3) is 0.429. The minimum absolute atomic E-state index is 0.563. The number of nitrogens with zero attached hydrogens (tertiary/aromatic N) is 1. The zero-order valence-electron chi connectivity index (χ0n) is 14.1. The molecular weight excluding hydrogens is 266 g/mol. The molecule has 1 aliphatic rings. The van der Waals surface area contributed by atoms with Gasteiger partial charge in [-0.05, 0) is 81.1 Å². The molecule has 0 heterocycles. The standard InChI is InChI=1S/C21H27N/c1-16-8-6-11-20-18(16)14-13-17-9-4-5-10-19(17)21(20)12-7-15-22(2)3/h4-6,8-11,21H,7,12-15H2,1-3H3. The lowest BCUT2D eigenvalue weighted by molar-refractivity contribution is 0.389. The third-order valence-electron chi connectivity index (χ3n) is 4.99. The minimum atomic E-state index is 0.563. The summed E-state index contributed by atoms with van der Waals surface area (Å²) in [5, 5.41) is 0. The van der Waals surface area contributed by atoms with Crippen molar-refractivity contribution in [1.29, 1.82) is 0 Å². The van der Waals surface area contributed by atoms with E-state index >= 15 is 0 Å². The van der Waals surface area contributed by atoms with Gasteiger partial charge in [-0.25, -0.2) is 0 Å². The van der Waals surface area contributed by atoms with E-state index in [1.807, 2.05) is 0 Å². The molecule has 0 bridgehead atoms. The summed E-state index contributed by atoms with van der Waals surface area (Å²) in [7, 11) is 4.33. The van der Waals surface area contributed by atoms with Crippen molar-refractivity contribution in [2.45, 2.75) is 38.5 Å². The molecule has 1 unspecified atom stereocenters. The largest absolute Gasteiger partial charge is 0.309 e. The van der Waals surface area contributed by atoms with Gasteiger partial charge in [-0.3, -0.25) is 0 Å². The van der Waals surface area contributed by atoms with E-state index in [0.29, 0.717) is 5.92 Å². The van der Waals surface area contributed by atoms with Gasteiger partial charge < -0.3 is 4.90 Å². The quantitative estimate of drug-likeness (QED) is 0.798. The van der Waals surface area contributed by atoms with Gasteiger partial charge >= 0.3 is 0 Å². The Balaban J connectivity index is 1.99. The fourth-order valence-corrected chi connectivity index (χ4v) is 3.84. The van der Waals surface area contributed by atoms with Crippen molar-refractivity contribution in [2.75, 3.05) is 20.6 Å². The highest BCUT2D eigenvalue weighted by atomic mass is 15.0. The average Bonchev–Trinajstić information content (AvgIpc) is 2.66. The summed E-state index contributed by atoms with van der Waals surface area (Å²) in [5.41, 5.74) is 7.73. The Labute approximate surface area is 135 Å². The Morgan fingerprint density at radius 3 is 2.55 bits per heavy atom. The van der Waals surface area contributed by atoms with E-state index in [-0.39, 0.29) is 0 Å². The van der Waals surface area contributed by atoms with Crippen LogP contribution in [0.1, 0.15) is 46.6 Å². The molecule has 0 aliphatic heterocycles. The van der Waals surface area contributed by atoms with Gasteiger partial charge in [-0.1, -0.05) is 42.5 Å². The number of hydrogen-bond acceptors (Lipinski definition) is 1. The molecule has 0 saturated heterocycles. The molecule has 2 aromatic rings. The maximum absolute atomic E-state index is 2.37. The Hall–Kier alpha value is -1.60. The van der Waals surface area contributed by atoms with Gasteiger partial charge in [0, 0.05) is 5.92 Å². The van der Waals surface area contributed by atoms with Gasteiger partial charge in [0.25, 0.3) is 0 Å². The molecule has 3 rings (SSSR count). The smallest absolute Gasteiger partial charge is 0.00953 e. The van der Waals surface area contributed by atoms with Gasteiger partial charge in [0.1, 0.15) is 0 Å². The lowest BCUT2D eigenvalue weighted by atomic mass is 9.84. The second-order valence-corrected chi connectivity index (χ2v) is 6.84. The molecule has 116 valence electrons. The van der Waals surface area contributed by atoms with Crippen LogP contribution in [0.4, 0.5) is 0 Å². The average molecular weight is 293 g/mol. The predicted octanol–water partition coefficient (Wildman–Crippen LogP) is 4.57. The van der Waals surface area contributed by atoms with Crippen LogP contribution >= 0.6 is 0 Å². The molecule has 0 saturated carbocycles. The fourth-order valence-electron chi connectivity index (χ4n) is 3.84. The van der Waals surface area contributed by atoms with E-state index in [4.69, 9.17) is 0 Å². The summed E-state index contributed by atoms with van der Waals surface area (Å²) in [5.74, 6) is 0.563. The first-order valence-corrected chi connectivity index (χ1v) is 8.47. The number of rotatable bonds is 4. The van der Waals surface area contributed by atoms with E-state index in [1.165, 1.54) is 37.8 Å². The molecule has 0 radical (unpaired) electrons. The highest BCUT2D eigenvalue weighted by molar-refractivity contribution is 5.47. The van der Waals surface area contributed by atoms with Gasteiger partial charge in [-0.2, -0.15) is 0 Å². The lowest BCUT2D eigenvalue weighted by Crippen LogP contribution is -2.14. The van der Waals surface area contributed by atoms with Crippen LogP contribution in [0.2, 0.25) is 0 Å². The van der Waals surface area contributed by atoms with Gasteiger partial charge in [0.05, 0.1) is 0 Å². The monoisotopic (exact) mass is 293 g/mol. The summed E-state index contributed by atoms with van der Waals surface area (Å²) in [4.78, 5) is 2.29. The second-order valence-electron chi connectivity index (χ2n) is 6.84. The van der Waals surface area contributed by atoms with E-state index < -0.39 is 0 Å². The highest BCUT2D eigenvalue weighted by Gasteiger charge is 2.23. The minimum Gasteiger partial charge on any atom is -0.309 e. The molecule has 1 atom stereocenters. The summed E-state index contributed by atoms with van der Waals surface area (Å²) in [6.07, 6.45) is 4.85. The summed E-state index contributed by atoms with van der Waals surface area (Å²) in [6.45, 7) is 3.44. The molecule has 1 nitrogen and oxygen atoms in total. The van der Waals surface area contributed by atoms with Gasteiger partial charge in [-0.15, -0.1) is 0 Å². The molecule has 0 amide bonds. The van der Waals surface area contributed by atoms with Crippen LogP contribution in [0, 0.1) is 6.92 Å². The van der Waals surface area contributed by atoms with E-state index in [0.717, 1.165) is 0 Å². The van der Waals surface area contributed by atoms with Crippen LogP contribution in [0.25, 0.3) is 0 Å². The molecule has 2 aromatic carbocycles. The highest BCUT2D eigenvalue weighted by Crippen LogP contribution is 2.38. The molecule has 22 heavy (non-hydrogen) atoms. The third kappa shape index (κ3) is 3.10. The van der Waals surface area contributed by atoms with Crippen molar-refractivity contribution in [1.82, 2.24) is 4.90 Å². The van der Waals surface area contributed by atoms with Crippen molar-refractivity contribution in [3.8, 4) is 0 Å². The van der Waals surface area contributed by atoms with Crippen LogP contribution in [0.15, 0.2) is 42.5 Å². The van der Waals surface area contributed by atoms with E-state index in [1.54, 1.807) is 22.3 Å². The second kappa shape index (κ2) is 6.66. The first kappa shape index (κ1) is 15.3. The van der Waals surface area contributed by atoms with E-state index in [9.17, 15) is 0 Å². The molecule has 0 aromatic heterocycles. The first-order valence-electron chi connectivity index (χ1n) is 8.47. The van der Waals surface area contributed by atoms with Crippen LogP contribution in [0.5, 0.6) is 0 Å². The van der Waals surface area contributed by atoms with Crippen LogP contribution in [0.3, 0.4) is 0 Å². The topological polar surface area (TPSA) is 3.24 Å². The van der Waals surface area contributed by atoms with Gasteiger partial charge in [0.15, 0.2) is 0 Å². The Bertz CT molecular complexity index is 642. The van der Waals surface area contributed by atoms with Crippen LogP contribution < -0.4 is 0 Å². The van der Waals surface area contributed by atoms with Crippen molar-refractivity contribution in [2.24, 2.45) is 0 Å². The first-order chi connectivity index (χ1) is 10.7. The van der Waals surface area contributed by atoms with Crippen molar-refractivity contribution >= 4 is 0 Å². The molecule has 0 N–H and O–H groups in total. The summed E-state index contributed by atoms with van der Waals surface area (Å²) < 4.78 is 0. The maximum atomic E-state index is 2.37. The Morgan fingerprint density at radius 2 is 1.73 bits per heavy atom.